The van der Waals surface area contributed by atoms with Crippen LogP contribution in [0.2, 0.25) is 5.02 Å². The van der Waals surface area contributed by atoms with Crippen LogP contribution in [0.1, 0.15) is 17.3 Å². The Kier molecular flexibility index (Phi) is 5.65. The van der Waals surface area contributed by atoms with Gasteiger partial charge >= 0.3 is 0 Å². The van der Waals surface area contributed by atoms with Crippen LogP contribution in [0.5, 0.6) is 0 Å². The number of aromatic nitrogens is 4. The van der Waals surface area contributed by atoms with Crippen molar-refractivity contribution in [1.82, 2.24) is 20.2 Å². The Hall–Kier alpha value is -2.71. The Morgan fingerprint density at radius 2 is 2.00 bits per heavy atom. The first kappa shape index (κ1) is 18.1. The first-order valence-corrected chi connectivity index (χ1v) is 8.98. The molecule has 132 valence electrons. The number of hydrogen-bond acceptors (Lipinski definition) is 6. The van der Waals surface area contributed by atoms with E-state index in [1.165, 1.54) is 23.4 Å². The third kappa shape index (κ3) is 4.27. The monoisotopic (exact) mass is 387 g/mol. The highest BCUT2D eigenvalue weighted by molar-refractivity contribution is 7.99. The number of benzene rings is 2. The van der Waals surface area contributed by atoms with E-state index in [0.29, 0.717) is 27.1 Å². The normalized spacial score (nSPS) is 10.5. The van der Waals surface area contributed by atoms with Crippen LogP contribution in [0.4, 0.5) is 5.69 Å². The Balaban J connectivity index is 1.68. The summed E-state index contributed by atoms with van der Waals surface area (Å²) in [5, 5.41) is 15.3. The molecule has 7 nitrogen and oxygen atoms in total. The molecule has 0 bridgehead atoms. The van der Waals surface area contributed by atoms with Gasteiger partial charge in [0.1, 0.15) is 0 Å². The third-order valence-electron chi connectivity index (χ3n) is 3.41. The number of ketones is 1. The van der Waals surface area contributed by atoms with Crippen LogP contribution < -0.4 is 5.32 Å². The molecule has 0 saturated carbocycles. The number of para-hydroxylation sites is 1. The Labute approximate surface area is 158 Å². The lowest BCUT2D eigenvalue weighted by atomic mass is 10.1. The number of anilines is 1. The minimum Gasteiger partial charge on any atom is -0.325 e. The van der Waals surface area contributed by atoms with E-state index in [4.69, 9.17) is 11.6 Å². The number of carbonyl (C=O) groups excluding carboxylic acids is 2. The first-order chi connectivity index (χ1) is 12.5. The Morgan fingerprint density at radius 1 is 1.19 bits per heavy atom. The second-order valence-electron chi connectivity index (χ2n) is 5.29. The summed E-state index contributed by atoms with van der Waals surface area (Å²) in [6.45, 7) is 1.46. The Bertz CT molecular complexity index is 960. The highest BCUT2D eigenvalue weighted by Crippen LogP contribution is 2.21. The topological polar surface area (TPSA) is 89.8 Å². The molecule has 0 fully saturated rings. The van der Waals surface area contributed by atoms with Gasteiger partial charge in [0.25, 0.3) is 0 Å². The van der Waals surface area contributed by atoms with E-state index in [1.807, 2.05) is 6.07 Å². The van der Waals surface area contributed by atoms with Crippen molar-refractivity contribution in [2.75, 3.05) is 11.1 Å². The second kappa shape index (κ2) is 8.11. The van der Waals surface area contributed by atoms with Crippen LogP contribution in [-0.4, -0.2) is 37.7 Å². The summed E-state index contributed by atoms with van der Waals surface area (Å²) in [5.41, 5.74) is 1.65. The molecule has 0 saturated heterocycles. The van der Waals surface area contributed by atoms with Gasteiger partial charge in [0, 0.05) is 10.6 Å². The smallest absolute Gasteiger partial charge is 0.234 e. The van der Waals surface area contributed by atoms with E-state index >= 15 is 0 Å². The minimum absolute atomic E-state index is 0.0905. The number of halogens is 1. The van der Waals surface area contributed by atoms with Gasteiger partial charge in [-0.05, 0) is 47.7 Å². The van der Waals surface area contributed by atoms with Gasteiger partial charge in [0.2, 0.25) is 11.1 Å². The Morgan fingerprint density at radius 3 is 2.77 bits per heavy atom. The highest BCUT2D eigenvalue weighted by Gasteiger charge is 2.14. The lowest BCUT2D eigenvalue weighted by Crippen LogP contribution is -2.16. The molecule has 1 heterocycles. The molecule has 0 radical (unpaired) electrons. The fourth-order valence-corrected chi connectivity index (χ4v) is 3.13. The van der Waals surface area contributed by atoms with Crippen LogP contribution >= 0.6 is 23.4 Å². The van der Waals surface area contributed by atoms with E-state index in [1.54, 1.807) is 42.5 Å². The van der Waals surface area contributed by atoms with Crippen molar-refractivity contribution in [1.29, 1.82) is 0 Å². The molecule has 26 heavy (non-hydrogen) atoms. The summed E-state index contributed by atoms with van der Waals surface area (Å²) >= 11 is 7.17. The van der Waals surface area contributed by atoms with Crippen molar-refractivity contribution in [3.8, 4) is 5.69 Å². The molecule has 9 heteroatoms. The average Bonchev–Trinajstić information content (AvgIpc) is 3.09. The molecule has 0 spiro atoms. The van der Waals surface area contributed by atoms with Gasteiger partial charge in [-0.2, -0.15) is 4.68 Å². The number of carbonyl (C=O) groups is 2. The summed E-state index contributed by atoms with van der Waals surface area (Å²) in [4.78, 5) is 23.9. The predicted molar refractivity (Wildman–Crippen MR) is 100.0 cm³/mol. The number of amides is 1. The number of nitrogens with zero attached hydrogens (tertiary/aromatic N) is 4. The number of rotatable bonds is 6. The molecule has 1 N–H and O–H groups in total. The third-order valence-corrected chi connectivity index (χ3v) is 4.56. The average molecular weight is 388 g/mol. The number of hydrogen-bond donors (Lipinski definition) is 1. The van der Waals surface area contributed by atoms with Gasteiger partial charge in [-0.1, -0.05) is 41.6 Å². The van der Waals surface area contributed by atoms with Crippen molar-refractivity contribution in [3.05, 3.63) is 59.1 Å². The summed E-state index contributed by atoms with van der Waals surface area (Å²) in [5.74, 6) is -0.282. The SMILES string of the molecule is CC(=O)c1ccccc1NC(=O)CSc1nnnn1-c1cccc(Cl)c1. The largest absolute Gasteiger partial charge is 0.325 e. The summed E-state index contributed by atoms with van der Waals surface area (Å²) < 4.78 is 1.51. The zero-order chi connectivity index (χ0) is 18.5. The predicted octanol–water partition coefficient (Wildman–Crippen LogP) is 3.25. The molecule has 2 aromatic carbocycles. The van der Waals surface area contributed by atoms with Crippen LogP contribution in [0, 0.1) is 0 Å². The number of nitrogens with one attached hydrogen (secondary N) is 1. The molecule has 3 aromatic rings. The summed E-state index contributed by atoms with van der Waals surface area (Å²) in [7, 11) is 0. The maximum absolute atomic E-state index is 12.2. The molecule has 0 aliphatic rings. The maximum atomic E-state index is 12.2. The summed E-state index contributed by atoms with van der Waals surface area (Å²) in [6, 6.07) is 14.0. The van der Waals surface area contributed by atoms with Gasteiger partial charge in [0.05, 0.1) is 17.1 Å². The molecule has 0 atom stereocenters. The highest BCUT2D eigenvalue weighted by atomic mass is 35.5. The van der Waals surface area contributed by atoms with Crippen LogP contribution in [0.3, 0.4) is 0 Å². The fraction of sp³-hybridized carbons (Fsp3) is 0.118. The van der Waals surface area contributed by atoms with Crippen LogP contribution in [0.15, 0.2) is 53.7 Å². The quantitative estimate of drug-likeness (QED) is 0.515. The molecule has 1 aromatic heterocycles. The van der Waals surface area contributed by atoms with Crippen molar-refractivity contribution >= 4 is 40.7 Å². The first-order valence-electron chi connectivity index (χ1n) is 7.61. The van der Waals surface area contributed by atoms with Crippen LogP contribution in [0.25, 0.3) is 5.69 Å². The number of tetrazole rings is 1. The fourth-order valence-electron chi connectivity index (χ4n) is 2.25. The lowest BCUT2D eigenvalue weighted by Gasteiger charge is -2.09. The number of thioether (sulfide) groups is 1. The van der Waals surface area contributed by atoms with Gasteiger partial charge in [0.15, 0.2) is 5.78 Å². The molecular formula is C17H14ClN5O2S. The van der Waals surface area contributed by atoms with Gasteiger partial charge in [-0.3, -0.25) is 9.59 Å². The molecule has 0 aliphatic carbocycles. The van der Waals surface area contributed by atoms with Gasteiger partial charge in [-0.15, -0.1) is 5.10 Å². The molecule has 0 aliphatic heterocycles. The molecular weight excluding hydrogens is 374 g/mol. The maximum Gasteiger partial charge on any atom is 0.234 e. The second-order valence-corrected chi connectivity index (χ2v) is 6.67. The van der Waals surface area contributed by atoms with Gasteiger partial charge in [-0.25, -0.2) is 0 Å². The summed E-state index contributed by atoms with van der Waals surface area (Å²) in [6.07, 6.45) is 0. The van der Waals surface area contributed by atoms with E-state index in [2.05, 4.69) is 20.8 Å². The van der Waals surface area contributed by atoms with Crippen molar-refractivity contribution in [3.63, 3.8) is 0 Å². The molecule has 0 unspecified atom stereocenters. The van der Waals surface area contributed by atoms with Crippen molar-refractivity contribution in [2.24, 2.45) is 0 Å². The lowest BCUT2D eigenvalue weighted by molar-refractivity contribution is -0.113. The zero-order valence-electron chi connectivity index (χ0n) is 13.7. The minimum atomic E-state index is -0.260. The molecule has 3 rings (SSSR count). The van der Waals surface area contributed by atoms with E-state index in [9.17, 15) is 9.59 Å². The van der Waals surface area contributed by atoms with Crippen molar-refractivity contribution in [2.45, 2.75) is 12.1 Å². The van der Waals surface area contributed by atoms with E-state index in [-0.39, 0.29) is 17.4 Å². The number of Topliss-reactive ketones (excluding diaryl/α,β-unsaturated/α-hetero) is 1. The van der Waals surface area contributed by atoms with E-state index < -0.39 is 0 Å². The standard InChI is InChI=1S/C17H14ClN5O2S/c1-11(24)14-7-2-3-8-15(14)19-16(25)10-26-17-20-21-22-23(17)13-6-4-5-12(18)9-13/h2-9H,10H2,1H3,(H,19,25). The zero-order valence-corrected chi connectivity index (χ0v) is 15.3. The van der Waals surface area contributed by atoms with Gasteiger partial charge < -0.3 is 5.32 Å². The molecule has 1 amide bonds. The van der Waals surface area contributed by atoms with Crippen molar-refractivity contribution < 1.29 is 9.59 Å². The van der Waals surface area contributed by atoms with Crippen LogP contribution in [-0.2, 0) is 4.79 Å². The van der Waals surface area contributed by atoms with E-state index in [0.717, 1.165) is 0 Å².